The number of fused-ring (bicyclic) bond motifs is 1. The maximum absolute atomic E-state index is 12.7. The van der Waals surface area contributed by atoms with Gasteiger partial charge in [0.2, 0.25) is 5.82 Å². The molecule has 0 fully saturated rings. The average Bonchev–Trinajstić information content (AvgIpc) is 2.65. The maximum Gasteiger partial charge on any atom is 0.263 e. The molecule has 3 N–H and O–H groups in total. The zero-order valence-corrected chi connectivity index (χ0v) is 15.9. The summed E-state index contributed by atoms with van der Waals surface area (Å²) >= 11 is 0. The maximum atomic E-state index is 12.7. The smallest absolute Gasteiger partial charge is 0.263 e. The number of hydrogen-bond donors (Lipinski definition) is 2. The molecule has 0 radical (unpaired) electrons. The van der Waals surface area contributed by atoms with Crippen LogP contribution in [0.2, 0.25) is 0 Å². The SMILES string of the molecule is CCCCCOc1nc2ccccc2nc1NS(=O)(=O)c1ccc(N)cc1. The highest BCUT2D eigenvalue weighted by molar-refractivity contribution is 7.92. The molecule has 0 saturated heterocycles. The summed E-state index contributed by atoms with van der Waals surface area (Å²) in [5, 5.41) is 0. The van der Waals surface area contributed by atoms with E-state index in [1.165, 1.54) is 24.3 Å². The number of benzene rings is 2. The van der Waals surface area contributed by atoms with Crippen molar-refractivity contribution in [3.8, 4) is 5.88 Å². The molecule has 8 heteroatoms. The van der Waals surface area contributed by atoms with Gasteiger partial charge in [0.15, 0.2) is 0 Å². The van der Waals surface area contributed by atoms with Crippen molar-refractivity contribution in [2.24, 2.45) is 0 Å². The fourth-order valence-electron chi connectivity index (χ4n) is 2.51. The summed E-state index contributed by atoms with van der Waals surface area (Å²) in [7, 11) is -3.84. The van der Waals surface area contributed by atoms with Gasteiger partial charge in [-0.1, -0.05) is 31.9 Å². The Morgan fingerprint density at radius 2 is 1.67 bits per heavy atom. The fourth-order valence-corrected chi connectivity index (χ4v) is 3.50. The normalized spacial score (nSPS) is 11.4. The highest BCUT2D eigenvalue weighted by Crippen LogP contribution is 2.26. The highest BCUT2D eigenvalue weighted by Gasteiger charge is 2.19. The largest absolute Gasteiger partial charge is 0.475 e. The number of nitrogens with one attached hydrogen (secondary N) is 1. The van der Waals surface area contributed by atoms with Gasteiger partial charge in [-0.3, -0.25) is 4.72 Å². The number of unbranched alkanes of at least 4 members (excludes halogenated alkanes) is 2. The molecule has 0 bridgehead atoms. The number of anilines is 2. The van der Waals surface area contributed by atoms with Crippen LogP contribution in [0.1, 0.15) is 26.2 Å². The quantitative estimate of drug-likeness (QED) is 0.453. The van der Waals surface area contributed by atoms with Crippen LogP contribution in [0, 0.1) is 0 Å². The number of ether oxygens (including phenoxy) is 1. The first kappa shape index (κ1) is 18.9. The van der Waals surface area contributed by atoms with Gasteiger partial charge in [0.1, 0.15) is 0 Å². The van der Waals surface area contributed by atoms with Crippen molar-refractivity contribution in [1.29, 1.82) is 0 Å². The zero-order valence-electron chi connectivity index (χ0n) is 15.1. The standard InChI is InChI=1S/C19H22N4O3S/c1-2-3-6-13-26-19-18(21-16-7-4-5-8-17(16)22-19)23-27(24,25)15-11-9-14(20)10-12-15/h4-5,7-12H,2-3,6,13,20H2,1H3,(H,21,23). The van der Waals surface area contributed by atoms with Crippen LogP contribution in [0.25, 0.3) is 11.0 Å². The van der Waals surface area contributed by atoms with E-state index >= 15 is 0 Å². The molecule has 0 atom stereocenters. The molecular formula is C19H22N4O3S. The predicted octanol–water partition coefficient (Wildman–Crippen LogP) is 3.58. The van der Waals surface area contributed by atoms with Gasteiger partial charge in [-0.2, -0.15) is 0 Å². The lowest BCUT2D eigenvalue weighted by molar-refractivity contribution is 0.297. The number of nitrogens with two attached hydrogens (primary N) is 1. The Bertz CT molecular complexity index is 1020. The summed E-state index contributed by atoms with van der Waals surface area (Å²) in [5.74, 6) is 0.242. The van der Waals surface area contributed by atoms with Crippen LogP contribution in [0.5, 0.6) is 5.88 Å². The van der Waals surface area contributed by atoms with Crippen LogP contribution in [0.15, 0.2) is 53.4 Å². The Balaban J connectivity index is 1.94. The first-order valence-corrected chi connectivity index (χ1v) is 10.3. The van der Waals surface area contributed by atoms with Crippen LogP contribution >= 0.6 is 0 Å². The number of aromatic nitrogens is 2. The lowest BCUT2D eigenvalue weighted by Gasteiger charge is -2.13. The van der Waals surface area contributed by atoms with Crippen LogP contribution in [-0.4, -0.2) is 25.0 Å². The molecule has 1 heterocycles. The first-order chi connectivity index (χ1) is 13.0. The lowest BCUT2D eigenvalue weighted by atomic mass is 10.3. The minimum Gasteiger partial charge on any atom is -0.475 e. The number of rotatable bonds is 8. The van der Waals surface area contributed by atoms with E-state index in [0.717, 1.165) is 19.3 Å². The van der Waals surface area contributed by atoms with Gasteiger partial charge in [-0.25, -0.2) is 18.4 Å². The molecule has 0 amide bonds. The molecule has 3 rings (SSSR count). The molecule has 142 valence electrons. The molecule has 27 heavy (non-hydrogen) atoms. The van der Waals surface area contributed by atoms with Gasteiger partial charge in [0.25, 0.3) is 15.9 Å². The van der Waals surface area contributed by atoms with Gasteiger partial charge in [-0.15, -0.1) is 0 Å². The molecule has 1 aromatic heterocycles. The molecule has 0 spiro atoms. The van der Waals surface area contributed by atoms with Crippen LogP contribution in [0.3, 0.4) is 0 Å². The van der Waals surface area contributed by atoms with Crippen molar-refractivity contribution in [3.63, 3.8) is 0 Å². The third-order valence-electron chi connectivity index (χ3n) is 3.95. The van der Waals surface area contributed by atoms with Crippen LogP contribution in [0.4, 0.5) is 11.5 Å². The lowest BCUT2D eigenvalue weighted by Crippen LogP contribution is -2.16. The van der Waals surface area contributed by atoms with Gasteiger partial charge in [0.05, 0.1) is 22.5 Å². The van der Waals surface area contributed by atoms with E-state index in [4.69, 9.17) is 10.5 Å². The van der Waals surface area contributed by atoms with E-state index in [2.05, 4.69) is 21.6 Å². The Hall–Kier alpha value is -2.87. The number of para-hydroxylation sites is 2. The van der Waals surface area contributed by atoms with Crippen LogP contribution in [-0.2, 0) is 10.0 Å². The number of nitrogens with zero attached hydrogens (tertiary/aromatic N) is 2. The van der Waals surface area contributed by atoms with E-state index in [-0.39, 0.29) is 16.6 Å². The molecule has 0 aliphatic carbocycles. The van der Waals surface area contributed by atoms with Crippen molar-refractivity contribution in [3.05, 3.63) is 48.5 Å². The van der Waals surface area contributed by atoms with E-state index in [1.54, 1.807) is 12.1 Å². The molecule has 2 aromatic carbocycles. The van der Waals surface area contributed by atoms with E-state index < -0.39 is 10.0 Å². The van der Waals surface area contributed by atoms with E-state index in [9.17, 15) is 8.42 Å². The summed E-state index contributed by atoms with van der Waals surface area (Å²) in [6, 6.07) is 13.2. The van der Waals surface area contributed by atoms with Gasteiger partial charge < -0.3 is 10.5 Å². The third kappa shape index (κ3) is 4.65. The Kier molecular flexibility index (Phi) is 5.75. The van der Waals surface area contributed by atoms with E-state index in [0.29, 0.717) is 23.3 Å². The summed E-state index contributed by atoms with van der Waals surface area (Å²) in [5.41, 5.74) is 7.33. The van der Waals surface area contributed by atoms with Crippen LogP contribution < -0.4 is 15.2 Å². The molecule has 0 aliphatic rings. The predicted molar refractivity (Wildman–Crippen MR) is 106 cm³/mol. The molecule has 0 aliphatic heterocycles. The van der Waals surface area contributed by atoms with E-state index in [1.807, 2.05) is 12.1 Å². The van der Waals surface area contributed by atoms with Gasteiger partial charge in [-0.05, 0) is 42.8 Å². The van der Waals surface area contributed by atoms with Gasteiger partial charge in [0, 0.05) is 5.69 Å². The minimum atomic E-state index is -3.84. The zero-order chi connectivity index (χ0) is 19.3. The molecule has 3 aromatic rings. The second kappa shape index (κ2) is 8.22. The third-order valence-corrected chi connectivity index (χ3v) is 5.30. The summed E-state index contributed by atoms with van der Waals surface area (Å²) in [4.78, 5) is 8.92. The second-order valence-electron chi connectivity index (χ2n) is 6.10. The fraction of sp³-hybridized carbons (Fsp3) is 0.263. The molecular weight excluding hydrogens is 364 g/mol. The number of nitrogen functional groups attached to an aromatic ring is 1. The molecule has 0 unspecified atom stereocenters. The van der Waals surface area contributed by atoms with Crippen molar-refractivity contribution in [2.75, 3.05) is 17.1 Å². The summed E-state index contributed by atoms with van der Waals surface area (Å²) in [6.45, 7) is 2.54. The average molecular weight is 386 g/mol. The highest BCUT2D eigenvalue weighted by atomic mass is 32.2. The number of sulfonamides is 1. The monoisotopic (exact) mass is 386 g/mol. The summed E-state index contributed by atoms with van der Waals surface area (Å²) < 4.78 is 33.6. The second-order valence-corrected chi connectivity index (χ2v) is 7.78. The molecule has 0 saturated carbocycles. The summed E-state index contributed by atoms with van der Waals surface area (Å²) in [6.07, 6.45) is 2.94. The topological polar surface area (TPSA) is 107 Å². The van der Waals surface area contributed by atoms with Gasteiger partial charge >= 0.3 is 0 Å². The van der Waals surface area contributed by atoms with Crippen molar-refractivity contribution >= 4 is 32.6 Å². The minimum absolute atomic E-state index is 0.0713. The van der Waals surface area contributed by atoms with Crippen molar-refractivity contribution < 1.29 is 13.2 Å². The Morgan fingerprint density at radius 3 is 2.33 bits per heavy atom. The Labute approximate surface area is 158 Å². The first-order valence-electron chi connectivity index (χ1n) is 8.77. The number of hydrogen-bond acceptors (Lipinski definition) is 6. The molecule has 7 nitrogen and oxygen atoms in total. The van der Waals surface area contributed by atoms with Crippen molar-refractivity contribution in [1.82, 2.24) is 9.97 Å². The Morgan fingerprint density at radius 1 is 1.00 bits per heavy atom. The van der Waals surface area contributed by atoms with Crippen molar-refractivity contribution in [2.45, 2.75) is 31.1 Å².